The van der Waals surface area contributed by atoms with Gasteiger partial charge in [-0.3, -0.25) is 4.79 Å². The maximum atomic E-state index is 13.3. The van der Waals surface area contributed by atoms with Crippen LogP contribution in [0.2, 0.25) is 0 Å². The summed E-state index contributed by atoms with van der Waals surface area (Å²) in [5.41, 5.74) is 2.44. The maximum Gasteiger partial charge on any atom is 0.243 e. The highest BCUT2D eigenvalue weighted by Gasteiger charge is 2.06. The number of ether oxygens (including phenoxy) is 1. The fraction of sp³-hybridized carbons (Fsp3) is 0.188. The maximum absolute atomic E-state index is 13.3. The zero-order valence-electron chi connectivity index (χ0n) is 11.9. The molecule has 0 aliphatic carbocycles. The van der Waals surface area contributed by atoms with Gasteiger partial charge in [-0.2, -0.15) is 0 Å². The molecule has 5 heteroatoms. The smallest absolute Gasteiger partial charge is 0.243 e. The molecule has 0 saturated heterocycles. The van der Waals surface area contributed by atoms with Crippen molar-refractivity contribution in [3.05, 3.63) is 53.8 Å². The van der Waals surface area contributed by atoms with E-state index in [0.29, 0.717) is 5.69 Å². The molecule has 0 spiro atoms. The van der Waals surface area contributed by atoms with Gasteiger partial charge in [-0.15, -0.1) is 0 Å². The van der Waals surface area contributed by atoms with Crippen molar-refractivity contribution in [2.24, 2.45) is 0 Å². The van der Waals surface area contributed by atoms with Gasteiger partial charge in [-0.05, 0) is 36.8 Å². The lowest BCUT2D eigenvalue weighted by atomic mass is 10.2. The van der Waals surface area contributed by atoms with Gasteiger partial charge in [0.1, 0.15) is 0 Å². The first-order valence-corrected chi connectivity index (χ1v) is 6.52. The second-order valence-corrected chi connectivity index (χ2v) is 4.62. The molecule has 21 heavy (non-hydrogen) atoms. The van der Waals surface area contributed by atoms with Crippen LogP contribution in [0, 0.1) is 12.7 Å². The lowest BCUT2D eigenvalue weighted by Crippen LogP contribution is -2.21. The van der Waals surface area contributed by atoms with Crippen molar-refractivity contribution in [3.63, 3.8) is 0 Å². The highest BCUT2D eigenvalue weighted by molar-refractivity contribution is 5.93. The van der Waals surface area contributed by atoms with Crippen LogP contribution in [0.4, 0.5) is 15.8 Å². The van der Waals surface area contributed by atoms with E-state index < -0.39 is 5.82 Å². The van der Waals surface area contributed by atoms with E-state index in [1.54, 1.807) is 6.07 Å². The number of amides is 1. The van der Waals surface area contributed by atoms with Gasteiger partial charge in [-0.1, -0.05) is 12.1 Å². The summed E-state index contributed by atoms with van der Waals surface area (Å²) in [7, 11) is 1.40. The Balaban J connectivity index is 1.92. The number of halogens is 1. The first-order valence-electron chi connectivity index (χ1n) is 6.52. The van der Waals surface area contributed by atoms with Crippen molar-refractivity contribution in [1.29, 1.82) is 0 Å². The molecule has 2 aromatic carbocycles. The third-order valence-corrected chi connectivity index (χ3v) is 2.91. The Kier molecular flexibility index (Phi) is 4.77. The molecule has 0 heterocycles. The highest BCUT2D eigenvalue weighted by atomic mass is 19.1. The van der Waals surface area contributed by atoms with E-state index in [1.165, 1.54) is 19.2 Å². The molecule has 110 valence electrons. The average Bonchev–Trinajstić information content (AvgIpc) is 2.46. The van der Waals surface area contributed by atoms with Crippen LogP contribution in [0.5, 0.6) is 5.75 Å². The van der Waals surface area contributed by atoms with Gasteiger partial charge >= 0.3 is 0 Å². The van der Waals surface area contributed by atoms with Crippen LogP contribution in [0.1, 0.15) is 5.56 Å². The van der Waals surface area contributed by atoms with Crippen molar-refractivity contribution in [1.82, 2.24) is 0 Å². The van der Waals surface area contributed by atoms with E-state index in [0.717, 1.165) is 11.3 Å². The molecule has 0 aliphatic heterocycles. The molecule has 0 atom stereocenters. The predicted molar refractivity (Wildman–Crippen MR) is 81.3 cm³/mol. The van der Waals surface area contributed by atoms with Crippen LogP contribution in [0.3, 0.4) is 0 Å². The summed E-state index contributed by atoms with van der Waals surface area (Å²) < 4.78 is 18.1. The summed E-state index contributed by atoms with van der Waals surface area (Å²) in [5.74, 6) is -0.477. The SMILES string of the molecule is COc1cc(NCC(=O)Nc2cccc(C)c2)ccc1F. The van der Waals surface area contributed by atoms with Crippen LogP contribution in [0.25, 0.3) is 0 Å². The number of carbonyl (C=O) groups excluding carboxylic acids is 1. The van der Waals surface area contributed by atoms with Crippen molar-refractivity contribution in [2.75, 3.05) is 24.3 Å². The zero-order chi connectivity index (χ0) is 15.2. The molecule has 1 amide bonds. The minimum Gasteiger partial charge on any atom is -0.494 e. The molecular weight excluding hydrogens is 271 g/mol. The number of rotatable bonds is 5. The lowest BCUT2D eigenvalue weighted by Gasteiger charge is -2.09. The number of methoxy groups -OCH3 is 1. The first kappa shape index (κ1) is 14.8. The molecule has 0 aromatic heterocycles. The van der Waals surface area contributed by atoms with Crippen molar-refractivity contribution >= 4 is 17.3 Å². The quantitative estimate of drug-likeness (QED) is 0.888. The standard InChI is InChI=1S/C16H17FN2O2/c1-11-4-3-5-13(8-11)19-16(20)10-18-12-6-7-14(17)15(9-12)21-2/h3-9,18H,10H2,1-2H3,(H,19,20). The summed E-state index contributed by atoms with van der Waals surface area (Å²) in [5, 5.41) is 5.71. The van der Waals surface area contributed by atoms with Crippen LogP contribution in [-0.4, -0.2) is 19.6 Å². The van der Waals surface area contributed by atoms with Gasteiger partial charge in [0.2, 0.25) is 5.91 Å². The molecule has 2 N–H and O–H groups in total. The summed E-state index contributed by atoms with van der Waals surface area (Å²) in [4.78, 5) is 11.8. The Morgan fingerprint density at radius 3 is 2.71 bits per heavy atom. The minimum absolute atomic E-state index is 0.0860. The molecule has 0 unspecified atom stereocenters. The monoisotopic (exact) mass is 288 g/mol. The van der Waals surface area contributed by atoms with Crippen LogP contribution in [-0.2, 0) is 4.79 Å². The third kappa shape index (κ3) is 4.21. The normalized spacial score (nSPS) is 10.0. The van der Waals surface area contributed by atoms with E-state index in [2.05, 4.69) is 10.6 Å². The van der Waals surface area contributed by atoms with Crippen molar-refractivity contribution < 1.29 is 13.9 Å². The fourth-order valence-corrected chi connectivity index (χ4v) is 1.88. The topological polar surface area (TPSA) is 50.4 Å². The summed E-state index contributed by atoms with van der Waals surface area (Å²) >= 11 is 0. The minimum atomic E-state index is -0.438. The number of aryl methyl sites for hydroxylation is 1. The van der Waals surface area contributed by atoms with Gasteiger partial charge < -0.3 is 15.4 Å². The Labute approximate surface area is 122 Å². The molecule has 0 radical (unpaired) electrons. The fourth-order valence-electron chi connectivity index (χ4n) is 1.88. The first-order chi connectivity index (χ1) is 10.1. The average molecular weight is 288 g/mol. The van der Waals surface area contributed by atoms with E-state index in [1.807, 2.05) is 31.2 Å². The molecule has 0 bridgehead atoms. The van der Waals surface area contributed by atoms with E-state index in [9.17, 15) is 9.18 Å². The van der Waals surface area contributed by atoms with Gasteiger partial charge in [-0.25, -0.2) is 4.39 Å². The number of anilines is 2. The van der Waals surface area contributed by atoms with Crippen LogP contribution in [0.15, 0.2) is 42.5 Å². The molecule has 2 rings (SSSR count). The van der Waals surface area contributed by atoms with Gasteiger partial charge in [0.15, 0.2) is 11.6 Å². The number of nitrogens with one attached hydrogen (secondary N) is 2. The second kappa shape index (κ2) is 6.74. The Morgan fingerprint density at radius 2 is 2.00 bits per heavy atom. The zero-order valence-corrected chi connectivity index (χ0v) is 11.9. The number of hydrogen-bond acceptors (Lipinski definition) is 3. The Hall–Kier alpha value is -2.56. The largest absolute Gasteiger partial charge is 0.494 e. The third-order valence-electron chi connectivity index (χ3n) is 2.91. The van der Waals surface area contributed by atoms with Gasteiger partial charge in [0.25, 0.3) is 0 Å². The molecule has 2 aromatic rings. The molecule has 0 saturated carbocycles. The van der Waals surface area contributed by atoms with E-state index >= 15 is 0 Å². The molecule has 4 nitrogen and oxygen atoms in total. The van der Waals surface area contributed by atoms with Gasteiger partial charge in [0, 0.05) is 17.4 Å². The van der Waals surface area contributed by atoms with E-state index in [4.69, 9.17) is 4.74 Å². The van der Waals surface area contributed by atoms with Crippen LogP contribution < -0.4 is 15.4 Å². The highest BCUT2D eigenvalue weighted by Crippen LogP contribution is 2.21. The van der Waals surface area contributed by atoms with E-state index in [-0.39, 0.29) is 18.2 Å². The number of hydrogen-bond donors (Lipinski definition) is 2. The summed E-state index contributed by atoms with van der Waals surface area (Å²) in [6.45, 7) is 2.04. The van der Waals surface area contributed by atoms with Crippen LogP contribution >= 0.6 is 0 Å². The van der Waals surface area contributed by atoms with Crippen molar-refractivity contribution in [3.8, 4) is 5.75 Å². The summed E-state index contributed by atoms with van der Waals surface area (Å²) in [6.07, 6.45) is 0. The number of carbonyl (C=O) groups is 1. The second-order valence-electron chi connectivity index (χ2n) is 4.62. The molecule has 0 aliphatic rings. The van der Waals surface area contributed by atoms with Crippen molar-refractivity contribution in [2.45, 2.75) is 6.92 Å². The Bertz CT molecular complexity index is 644. The number of benzene rings is 2. The van der Waals surface area contributed by atoms with Gasteiger partial charge in [0.05, 0.1) is 13.7 Å². The molecule has 0 fully saturated rings. The summed E-state index contributed by atoms with van der Waals surface area (Å²) in [6, 6.07) is 11.9. The molecular formula is C16H17FN2O2. The lowest BCUT2D eigenvalue weighted by molar-refractivity contribution is -0.114. The Morgan fingerprint density at radius 1 is 1.19 bits per heavy atom. The predicted octanol–water partition coefficient (Wildman–Crippen LogP) is 3.19.